The maximum atomic E-state index is 12.8. The van der Waals surface area contributed by atoms with Crippen LogP contribution in [0, 0.1) is 13.8 Å². The second-order valence-electron chi connectivity index (χ2n) is 7.30. The third-order valence-corrected chi connectivity index (χ3v) is 6.21. The molecule has 0 saturated heterocycles. The van der Waals surface area contributed by atoms with Crippen molar-refractivity contribution in [2.75, 3.05) is 5.75 Å². The minimum Gasteiger partial charge on any atom is -0.348 e. The van der Waals surface area contributed by atoms with Crippen LogP contribution in [-0.4, -0.2) is 30.9 Å². The third kappa shape index (κ3) is 3.85. The molecule has 1 saturated carbocycles. The van der Waals surface area contributed by atoms with Crippen LogP contribution < -0.4 is 5.69 Å². The average molecular weight is 397 g/mol. The second-order valence-corrected chi connectivity index (χ2v) is 8.24. The number of carbonyl (C=O) groups excluding carboxylic acids is 1. The first-order valence-corrected chi connectivity index (χ1v) is 10.6. The lowest BCUT2D eigenvalue weighted by atomic mass is 10.1. The van der Waals surface area contributed by atoms with Gasteiger partial charge in [-0.3, -0.25) is 9.36 Å². The molecular weight excluding hydrogens is 372 g/mol. The van der Waals surface area contributed by atoms with Crippen molar-refractivity contribution in [3.63, 3.8) is 0 Å². The molecule has 1 N–H and O–H groups in total. The van der Waals surface area contributed by atoms with Crippen molar-refractivity contribution in [1.29, 1.82) is 0 Å². The van der Waals surface area contributed by atoms with Gasteiger partial charge in [0.25, 0.3) is 0 Å². The monoisotopic (exact) mass is 396 g/mol. The first-order valence-electron chi connectivity index (χ1n) is 9.58. The van der Waals surface area contributed by atoms with E-state index >= 15 is 0 Å². The van der Waals surface area contributed by atoms with Crippen molar-refractivity contribution in [3.05, 3.63) is 69.4 Å². The van der Waals surface area contributed by atoms with Crippen LogP contribution in [0.4, 0.5) is 0 Å². The zero-order valence-corrected chi connectivity index (χ0v) is 17.0. The molecule has 2 aromatic heterocycles. The number of benzene rings is 1. The Balaban J connectivity index is 1.44. The number of H-pyrrole nitrogens is 1. The van der Waals surface area contributed by atoms with E-state index in [0.717, 1.165) is 42.8 Å². The highest BCUT2D eigenvalue weighted by Gasteiger charge is 2.29. The first kappa shape index (κ1) is 18.8. The van der Waals surface area contributed by atoms with E-state index in [9.17, 15) is 9.59 Å². The zero-order valence-electron chi connectivity index (χ0n) is 16.1. The summed E-state index contributed by atoms with van der Waals surface area (Å²) in [4.78, 5) is 24.7. The summed E-state index contributed by atoms with van der Waals surface area (Å²) in [7, 11) is 0. The van der Waals surface area contributed by atoms with Gasteiger partial charge in [-0.05, 0) is 44.7 Å². The van der Waals surface area contributed by atoms with Gasteiger partial charge < -0.3 is 4.57 Å². The summed E-state index contributed by atoms with van der Waals surface area (Å²) in [5.74, 6) is 0.349. The van der Waals surface area contributed by atoms with E-state index in [-0.39, 0.29) is 23.3 Å². The van der Waals surface area contributed by atoms with Gasteiger partial charge in [0.15, 0.2) is 10.9 Å². The van der Waals surface area contributed by atoms with Gasteiger partial charge in [0.05, 0.1) is 5.75 Å². The Morgan fingerprint density at radius 2 is 2.00 bits per heavy atom. The molecule has 28 heavy (non-hydrogen) atoms. The molecule has 0 aliphatic heterocycles. The molecule has 0 atom stereocenters. The summed E-state index contributed by atoms with van der Waals surface area (Å²) in [6.45, 7) is 4.90. The van der Waals surface area contributed by atoms with Gasteiger partial charge in [0.1, 0.15) is 0 Å². The summed E-state index contributed by atoms with van der Waals surface area (Å²) >= 11 is 1.33. The lowest BCUT2D eigenvalue weighted by molar-refractivity contribution is 0.102. The largest absolute Gasteiger partial charge is 0.348 e. The van der Waals surface area contributed by atoms with E-state index in [2.05, 4.69) is 26.9 Å². The smallest absolute Gasteiger partial charge is 0.344 e. The molecule has 0 amide bonds. The molecule has 146 valence electrons. The van der Waals surface area contributed by atoms with E-state index in [1.165, 1.54) is 17.3 Å². The Morgan fingerprint density at radius 1 is 1.25 bits per heavy atom. The normalized spacial score (nSPS) is 13.8. The first-order chi connectivity index (χ1) is 13.5. The number of thioether (sulfide) groups is 1. The van der Waals surface area contributed by atoms with Crippen molar-refractivity contribution in [2.45, 2.75) is 50.9 Å². The SMILES string of the molecule is Cc1cc(C(=O)CSc2n[nH]c(=O)n2C2CC2)c(C)n1CCc1ccccc1. The lowest BCUT2D eigenvalue weighted by Crippen LogP contribution is -2.16. The molecule has 2 heterocycles. The second kappa shape index (κ2) is 7.83. The van der Waals surface area contributed by atoms with Crippen LogP contribution >= 0.6 is 11.8 Å². The Labute approximate surface area is 168 Å². The van der Waals surface area contributed by atoms with Crippen LogP contribution in [0.2, 0.25) is 0 Å². The molecule has 1 aromatic carbocycles. The predicted molar refractivity (Wildman–Crippen MR) is 110 cm³/mol. The fourth-order valence-electron chi connectivity index (χ4n) is 3.57. The quantitative estimate of drug-likeness (QED) is 0.467. The fraction of sp³-hybridized carbons (Fsp3) is 0.381. The molecule has 0 spiro atoms. The van der Waals surface area contributed by atoms with Gasteiger partial charge in [-0.2, -0.15) is 0 Å². The summed E-state index contributed by atoms with van der Waals surface area (Å²) < 4.78 is 3.89. The predicted octanol–water partition coefficient (Wildman–Crippen LogP) is 3.54. The topological polar surface area (TPSA) is 72.7 Å². The van der Waals surface area contributed by atoms with Crippen molar-refractivity contribution in [1.82, 2.24) is 19.3 Å². The van der Waals surface area contributed by atoms with Gasteiger partial charge in [-0.15, -0.1) is 5.10 Å². The molecule has 0 bridgehead atoms. The van der Waals surface area contributed by atoms with E-state index in [1.807, 2.05) is 38.1 Å². The molecule has 1 fully saturated rings. The highest BCUT2D eigenvalue weighted by Crippen LogP contribution is 2.36. The summed E-state index contributed by atoms with van der Waals surface area (Å²) in [6, 6.07) is 12.6. The van der Waals surface area contributed by atoms with Gasteiger partial charge in [0, 0.05) is 29.5 Å². The van der Waals surface area contributed by atoms with Gasteiger partial charge >= 0.3 is 5.69 Å². The lowest BCUT2D eigenvalue weighted by Gasteiger charge is -2.10. The number of nitrogens with one attached hydrogen (secondary N) is 1. The van der Waals surface area contributed by atoms with Gasteiger partial charge in [0.2, 0.25) is 0 Å². The van der Waals surface area contributed by atoms with E-state index < -0.39 is 0 Å². The number of ketones is 1. The molecule has 0 radical (unpaired) electrons. The van der Waals surface area contributed by atoms with Gasteiger partial charge in [-0.1, -0.05) is 42.1 Å². The summed E-state index contributed by atoms with van der Waals surface area (Å²) in [6.07, 6.45) is 2.94. The number of hydrogen-bond donors (Lipinski definition) is 1. The number of aromatic nitrogens is 4. The number of nitrogens with zero attached hydrogens (tertiary/aromatic N) is 3. The average Bonchev–Trinajstić information content (AvgIpc) is 3.40. The number of carbonyl (C=O) groups is 1. The van der Waals surface area contributed by atoms with E-state index in [4.69, 9.17) is 0 Å². The number of aryl methyl sites for hydroxylation is 2. The molecule has 0 unspecified atom stereocenters. The molecule has 3 aromatic rings. The van der Waals surface area contributed by atoms with Crippen molar-refractivity contribution in [2.24, 2.45) is 0 Å². The third-order valence-electron chi connectivity index (χ3n) is 5.26. The van der Waals surface area contributed by atoms with E-state index in [1.54, 1.807) is 4.57 Å². The van der Waals surface area contributed by atoms with Crippen molar-refractivity contribution >= 4 is 17.5 Å². The number of Topliss-reactive ketones (excluding diaryl/α,β-unsaturated/α-hetero) is 1. The minimum atomic E-state index is -0.184. The Bertz CT molecular complexity index is 1040. The number of hydrogen-bond acceptors (Lipinski definition) is 4. The van der Waals surface area contributed by atoms with Crippen LogP contribution in [0.3, 0.4) is 0 Å². The Hall–Kier alpha value is -2.54. The van der Waals surface area contributed by atoms with Gasteiger partial charge in [-0.25, -0.2) is 9.89 Å². The molecule has 1 aliphatic rings. The maximum absolute atomic E-state index is 12.8. The van der Waals surface area contributed by atoms with Crippen LogP contribution in [0.15, 0.2) is 46.3 Å². The summed E-state index contributed by atoms with van der Waals surface area (Å²) in [5.41, 5.74) is 3.96. The highest BCUT2D eigenvalue weighted by atomic mass is 32.2. The van der Waals surface area contributed by atoms with Crippen LogP contribution in [0.1, 0.15) is 46.2 Å². The Morgan fingerprint density at radius 3 is 2.71 bits per heavy atom. The number of rotatable bonds is 8. The van der Waals surface area contributed by atoms with Crippen molar-refractivity contribution in [3.8, 4) is 0 Å². The Kier molecular flexibility index (Phi) is 5.26. The van der Waals surface area contributed by atoms with Crippen LogP contribution in [-0.2, 0) is 13.0 Å². The van der Waals surface area contributed by atoms with E-state index in [0.29, 0.717) is 5.16 Å². The zero-order chi connectivity index (χ0) is 19.7. The number of aromatic amines is 1. The molecular formula is C21H24N4O2S. The molecule has 6 nitrogen and oxygen atoms in total. The molecule has 1 aliphatic carbocycles. The van der Waals surface area contributed by atoms with Crippen molar-refractivity contribution < 1.29 is 4.79 Å². The minimum absolute atomic E-state index is 0.0712. The summed E-state index contributed by atoms with van der Waals surface area (Å²) in [5, 5.41) is 7.19. The maximum Gasteiger partial charge on any atom is 0.344 e. The molecule has 4 rings (SSSR count). The molecule has 7 heteroatoms. The highest BCUT2D eigenvalue weighted by molar-refractivity contribution is 7.99. The standard InChI is InChI=1S/C21H24N4O2S/c1-14-12-18(15(2)24(14)11-10-16-6-4-3-5-7-16)19(26)13-28-21-23-22-20(27)25(21)17-8-9-17/h3-7,12,17H,8-11,13H2,1-2H3,(H,22,27). The van der Waals surface area contributed by atoms with Crippen LogP contribution in [0.25, 0.3) is 0 Å². The van der Waals surface area contributed by atoms with Crippen LogP contribution in [0.5, 0.6) is 0 Å². The fourth-order valence-corrected chi connectivity index (χ4v) is 4.46.